The lowest BCUT2D eigenvalue weighted by Crippen LogP contribution is -2.42. The van der Waals surface area contributed by atoms with Gasteiger partial charge in [-0.1, -0.05) is 13.8 Å². The highest BCUT2D eigenvalue weighted by Gasteiger charge is 2.34. The highest BCUT2D eigenvalue weighted by molar-refractivity contribution is 5.89. The average Bonchev–Trinajstić information content (AvgIpc) is 2.80. The van der Waals surface area contributed by atoms with Gasteiger partial charge in [0.05, 0.1) is 19.1 Å². The summed E-state index contributed by atoms with van der Waals surface area (Å²) in [6, 6.07) is 0. The van der Waals surface area contributed by atoms with Crippen molar-refractivity contribution in [1.29, 1.82) is 0 Å². The number of carbonyl (C=O) groups is 2. The number of hydrogen-bond acceptors (Lipinski definition) is 4. The van der Waals surface area contributed by atoms with Crippen LogP contribution in [0.25, 0.3) is 0 Å². The monoisotopic (exact) mass is 297 g/mol. The van der Waals surface area contributed by atoms with E-state index in [-0.39, 0.29) is 17.7 Å². The SMILES string of the molecule is CC(C)CN1C[C@@H](C(=O)NCCN2CCOCC2)CC1=O. The molecule has 2 amide bonds. The fraction of sp³-hybridized carbons (Fsp3) is 0.867. The summed E-state index contributed by atoms with van der Waals surface area (Å²) in [5.74, 6) is 0.387. The summed E-state index contributed by atoms with van der Waals surface area (Å²) >= 11 is 0. The average molecular weight is 297 g/mol. The Morgan fingerprint density at radius 2 is 2.10 bits per heavy atom. The van der Waals surface area contributed by atoms with Crippen LogP contribution in [0.3, 0.4) is 0 Å². The Kier molecular flexibility index (Phi) is 5.99. The Balaban J connectivity index is 1.67. The van der Waals surface area contributed by atoms with Gasteiger partial charge in [-0.15, -0.1) is 0 Å². The molecule has 0 aromatic rings. The van der Waals surface area contributed by atoms with Crippen LogP contribution in [0, 0.1) is 11.8 Å². The Hall–Kier alpha value is -1.14. The van der Waals surface area contributed by atoms with Crippen molar-refractivity contribution < 1.29 is 14.3 Å². The van der Waals surface area contributed by atoms with Crippen molar-refractivity contribution >= 4 is 11.8 Å². The van der Waals surface area contributed by atoms with Gasteiger partial charge in [0.25, 0.3) is 0 Å². The number of morpholine rings is 1. The van der Waals surface area contributed by atoms with Crippen molar-refractivity contribution in [2.24, 2.45) is 11.8 Å². The van der Waals surface area contributed by atoms with Crippen LogP contribution < -0.4 is 5.32 Å². The first kappa shape index (κ1) is 16.2. The quantitative estimate of drug-likeness (QED) is 0.746. The van der Waals surface area contributed by atoms with Gasteiger partial charge in [-0.25, -0.2) is 0 Å². The third-order valence-corrected chi connectivity index (χ3v) is 4.00. The molecule has 2 heterocycles. The Labute approximate surface area is 126 Å². The number of carbonyl (C=O) groups excluding carboxylic acids is 2. The van der Waals surface area contributed by atoms with Crippen molar-refractivity contribution in [3.63, 3.8) is 0 Å². The van der Waals surface area contributed by atoms with E-state index in [0.29, 0.717) is 25.4 Å². The van der Waals surface area contributed by atoms with Gasteiger partial charge in [0.2, 0.25) is 11.8 Å². The van der Waals surface area contributed by atoms with Crippen LogP contribution in [-0.4, -0.2) is 74.1 Å². The smallest absolute Gasteiger partial charge is 0.225 e. The summed E-state index contributed by atoms with van der Waals surface area (Å²) in [4.78, 5) is 28.1. The lowest BCUT2D eigenvalue weighted by molar-refractivity contribution is -0.129. The molecule has 2 saturated heterocycles. The minimum absolute atomic E-state index is 0.0165. The third-order valence-electron chi connectivity index (χ3n) is 4.00. The van der Waals surface area contributed by atoms with Crippen LogP contribution in [0.4, 0.5) is 0 Å². The maximum absolute atomic E-state index is 12.1. The standard InChI is InChI=1S/C15H27N3O3/c1-12(2)10-18-11-13(9-14(18)19)15(20)16-3-4-17-5-7-21-8-6-17/h12-13H,3-11H2,1-2H3,(H,16,20)/t13-/m0/s1. The molecule has 0 aromatic heterocycles. The Morgan fingerprint density at radius 3 is 2.76 bits per heavy atom. The molecule has 2 aliphatic rings. The lowest BCUT2D eigenvalue weighted by atomic mass is 10.1. The van der Waals surface area contributed by atoms with Gasteiger partial charge in [-0.05, 0) is 5.92 Å². The molecule has 0 aromatic carbocycles. The summed E-state index contributed by atoms with van der Waals surface area (Å²) in [5.41, 5.74) is 0. The van der Waals surface area contributed by atoms with Crippen molar-refractivity contribution in [2.75, 3.05) is 52.5 Å². The minimum Gasteiger partial charge on any atom is -0.379 e. The van der Waals surface area contributed by atoms with E-state index in [2.05, 4.69) is 24.1 Å². The number of amides is 2. The van der Waals surface area contributed by atoms with Gasteiger partial charge >= 0.3 is 0 Å². The van der Waals surface area contributed by atoms with Crippen molar-refractivity contribution in [2.45, 2.75) is 20.3 Å². The zero-order chi connectivity index (χ0) is 15.2. The molecule has 120 valence electrons. The van der Waals surface area contributed by atoms with Gasteiger partial charge < -0.3 is 15.0 Å². The van der Waals surface area contributed by atoms with Crippen molar-refractivity contribution in [3.8, 4) is 0 Å². The van der Waals surface area contributed by atoms with E-state index >= 15 is 0 Å². The van der Waals surface area contributed by atoms with Crippen molar-refractivity contribution in [3.05, 3.63) is 0 Å². The number of ether oxygens (including phenoxy) is 1. The molecule has 2 aliphatic heterocycles. The molecule has 0 unspecified atom stereocenters. The van der Waals surface area contributed by atoms with E-state index in [4.69, 9.17) is 4.74 Å². The molecule has 0 aliphatic carbocycles. The predicted molar refractivity (Wildman–Crippen MR) is 79.8 cm³/mol. The molecule has 0 spiro atoms. The summed E-state index contributed by atoms with van der Waals surface area (Å²) in [5, 5.41) is 2.97. The molecule has 1 atom stereocenters. The first-order chi connectivity index (χ1) is 10.1. The minimum atomic E-state index is -0.180. The number of hydrogen-bond donors (Lipinski definition) is 1. The van der Waals surface area contributed by atoms with Gasteiger partial charge in [0.15, 0.2) is 0 Å². The van der Waals surface area contributed by atoms with Gasteiger partial charge in [-0.3, -0.25) is 14.5 Å². The van der Waals surface area contributed by atoms with E-state index in [1.54, 1.807) is 0 Å². The van der Waals surface area contributed by atoms with Crippen LogP contribution in [0.1, 0.15) is 20.3 Å². The Morgan fingerprint density at radius 1 is 1.38 bits per heavy atom. The van der Waals surface area contributed by atoms with E-state index in [0.717, 1.165) is 39.4 Å². The van der Waals surface area contributed by atoms with Crippen LogP contribution in [-0.2, 0) is 14.3 Å². The largest absolute Gasteiger partial charge is 0.379 e. The number of rotatable bonds is 6. The zero-order valence-corrected chi connectivity index (χ0v) is 13.1. The van der Waals surface area contributed by atoms with Crippen LogP contribution >= 0.6 is 0 Å². The fourth-order valence-corrected chi connectivity index (χ4v) is 2.87. The summed E-state index contributed by atoms with van der Waals surface area (Å²) in [6.07, 6.45) is 0.357. The normalized spacial score (nSPS) is 23.9. The third kappa shape index (κ3) is 4.97. The number of nitrogens with zero attached hydrogens (tertiary/aromatic N) is 2. The highest BCUT2D eigenvalue weighted by Crippen LogP contribution is 2.19. The molecule has 2 fully saturated rings. The van der Waals surface area contributed by atoms with E-state index < -0.39 is 0 Å². The molecule has 6 heteroatoms. The molecule has 1 N–H and O–H groups in total. The molecule has 2 rings (SSSR count). The van der Waals surface area contributed by atoms with E-state index in [1.165, 1.54) is 0 Å². The van der Waals surface area contributed by atoms with Crippen LogP contribution in [0.15, 0.2) is 0 Å². The van der Waals surface area contributed by atoms with Crippen LogP contribution in [0.2, 0.25) is 0 Å². The van der Waals surface area contributed by atoms with Crippen LogP contribution in [0.5, 0.6) is 0 Å². The first-order valence-electron chi connectivity index (χ1n) is 7.92. The summed E-state index contributed by atoms with van der Waals surface area (Å²) in [7, 11) is 0. The lowest BCUT2D eigenvalue weighted by Gasteiger charge is -2.26. The molecular weight excluding hydrogens is 270 g/mol. The van der Waals surface area contributed by atoms with Gasteiger partial charge in [0.1, 0.15) is 0 Å². The number of nitrogens with one attached hydrogen (secondary N) is 1. The molecule has 0 radical (unpaired) electrons. The molecule has 21 heavy (non-hydrogen) atoms. The summed E-state index contributed by atoms with van der Waals surface area (Å²) in [6.45, 7) is 10.4. The second-order valence-electron chi connectivity index (χ2n) is 6.34. The first-order valence-corrected chi connectivity index (χ1v) is 7.92. The predicted octanol–water partition coefficient (Wildman–Crippen LogP) is -0.0607. The maximum atomic E-state index is 12.1. The Bertz CT molecular complexity index is 367. The van der Waals surface area contributed by atoms with Gasteiger partial charge in [0, 0.05) is 45.7 Å². The fourth-order valence-electron chi connectivity index (χ4n) is 2.87. The topological polar surface area (TPSA) is 61.9 Å². The van der Waals surface area contributed by atoms with Crippen molar-refractivity contribution in [1.82, 2.24) is 15.1 Å². The van der Waals surface area contributed by atoms with E-state index in [9.17, 15) is 9.59 Å². The molecule has 6 nitrogen and oxygen atoms in total. The molecule has 0 saturated carbocycles. The molecule has 0 bridgehead atoms. The van der Waals surface area contributed by atoms with E-state index in [1.807, 2.05) is 4.90 Å². The highest BCUT2D eigenvalue weighted by atomic mass is 16.5. The zero-order valence-electron chi connectivity index (χ0n) is 13.1. The summed E-state index contributed by atoms with van der Waals surface area (Å²) < 4.78 is 5.29. The van der Waals surface area contributed by atoms with Gasteiger partial charge in [-0.2, -0.15) is 0 Å². The number of likely N-dealkylation sites (tertiary alicyclic amines) is 1. The molecular formula is C15H27N3O3. The maximum Gasteiger partial charge on any atom is 0.225 e. The second kappa shape index (κ2) is 7.75. The second-order valence-corrected chi connectivity index (χ2v) is 6.34.